The fraction of sp³-hybridized carbons (Fsp3) is 0.333. The van der Waals surface area contributed by atoms with Crippen molar-refractivity contribution < 1.29 is 23.8 Å². The van der Waals surface area contributed by atoms with Crippen LogP contribution in [-0.2, 0) is 9.47 Å². The maximum absolute atomic E-state index is 13.7. The number of anilines is 1. The van der Waals surface area contributed by atoms with Crippen LogP contribution in [0.2, 0.25) is 0 Å². The molecular formula is C24H26N2O5S. The van der Waals surface area contributed by atoms with Crippen molar-refractivity contribution in [2.75, 3.05) is 32.3 Å². The molecule has 0 aliphatic carbocycles. The lowest BCUT2D eigenvalue weighted by molar-refractivity contribution is 0.0175. The molecule has 32 heavy (non-hydrogen) atoms. The first kappa shape index (κ1) is 22.1. The zero-order chi connectivity index (χ0) is 22.8. The van der Waals surface area contributed by atoms with Crippen molar-refractivity contribution in [3.63, 3.8) is 0 Å². The van der Waals surface area contributed by atoms with Crippen LogP contribution >= 0.6 is 11.3 Å². The number of amides is 2. The highest BCUT2D eigenvalue weighted by atomic mass is 32.1. The van der Waals surface area contributed by atoms with Crippen LogP contribution in [-0.4, -0.2) is 56.5 Å². The van der Waals surface area contributed by atoms with Gasteiger partial charge in [-0.05, 0) is 48.1 Å². The Kier molecular flexibility index (Phi) is 6.34. The number of nitrogens with zero attached hydrogens (tertiary/aromatic N) is 2. The summed E-state index contributed by atoms with van der Waals surface area (Å²) in [6.07, 6.45) is 2.82. The third kappa shape index (κ3) is 3.80. The van der Waals surface area contributed by atoms with E-state index >= 15 is 0 Å². The van der Waals surface area contributed by atoms with Gasteiger partial charge in [-0.2, -0.15) is 0 Å². The number of carbonyl (C=O) groups excluding carboxylic acids is 2. The SMILES string of the molecule is C=CCOC(=O)N1c2cc(C)c(OC)cc2C(=O)N2CC=C(c3cccs3)C[C@H]2C1OC. The Morgan fingerprint density at radius 3 is 2.81 bits per heavy atom. The molecule has 0 saturated carbocycles. The summed E-state index contributed by atoms with van der Waals surface area (Å²) < 4.78 is 16.7. The molecule has 1 aromatic carbocycles. The fourth-order valence-corrected chi connectivity index (χ4v) is 5.08. The van der Waals surface area contributed by atoms with E-state index in [-0.39, 0.29) is 18.6 Å². The second-order valence-electron chi connectivity index (χ2n) is 7.64. The smallest absolute Gasteiger partial charge is 0.416 e. The van der Waals surface area contributed by atoms with Crippen molar-refractivity contribution in [2.45, 2.75) is 25.6 Å². The van der Waals surface area contributed by atoms with Gasteiger partial charge in [-0.3, -0.25) is 4.79 Å². The van der Waals surface area contributed by atoms with Crippen molar-refractivity contribution in [3.8, 4) is 5.75 Å². The van der Waals surface area contributed by atoms with Gasteiger partial charge in [-0.25, -0.2) is 9.69 Å². The second kappa shape index (κ2) is 9.18. The highest BCUT2D eigenvalue weighted by molar-refractivity contribution is 7.11. The van der Waals surface area contributed by atoms with E-state index in [0.717, 1.165) is 16.0 Å². The molecule has 2 amide bonds. The normalized spacial score (nSPS) is 20.1. The van der Waals surface area contributed by atoms with Gasteiger partial charge in [-0.1, -0.05) is 24.8 Å². The lowest BCUT2D eigenvalue weighted by Crippen LogP contribution is -2.55. The van der Waals surface area contributed by atoms with Crippen molar-refractivity contribution in [1.82, 2.24) is 4.90 Å². The highest BCUT2D eigenvalue weighted by Gasteiger charge is 2.45. The van der Waals surface area contributed by atoms with E-state index in [1.165, 1.54) is 11.0 Å². The molecule has 3 heterocycles. The van der Waals surface area contributed by atoms with Crippen molar-refractivity contribution >= 4 is 34.6 Å². The van der Waals surface area contributed by atoms with Crippen LogP contribution < -0.4 is 9.64 Å². The summed E-state index contributed by atoms with van der Waals surface area (Å²) in [5, 5.41) is 2.03. The molecule has 0 bridgehead atoms. The topological polar surface area (TPSA) is 68.3 Å². The van der Waals surface area contributed by atoms with Gasteiger partial charge in [0, 0.05) is 18.5 Å². The minimum atomic E-state index is -0.728. The predicted molar refractivity (Wildman–Crippen MR) is 124 cm³/mol. The van der Waals surface area contributed by atoms with E-state index < -0.39 is 12.3 Å². The van der Waals surface area contributed by atoms with E-state index in [1.807, 2.05) is 18.4 Å². The van der Waals surface area contributed by atoms with Crippen molar-refractivity contribution in [1.29, 1.82) is 0 Å². The maximum Gasteiger partial charge on any atom is 0.416 e. The summed E-state index contributed by atoms with van der Waals surface area (Å²) in [4.78, 5) is 31.2. The zero-order valence-corrected chi connectivity index (χ0v) is 19.2. The summed E-state index contributed by atoms with van der Waals surface area (Å²) in [6, 6.07) is 7.15. The van der Waals surface area contributed by atoms with Crippen LogP contribution in [0.15, 0.2) is 48.4 Å². The molecule has 2 atom stereocenters. The Morgan fingerprint density at radius 2 is 2.16 bits per heavy atom. The largest absolute Gasteiger partial charge is 0.496 e. The molecule has 0 fully saturated rings. The lowest BCUT2D eigenvalue weighted by Gasteiger charge is -2.40. The molecule has 2 aliphatic rings. The fourth-order valence-electron chi connectivity index (χ4n) is 4.31. The molecule has 1 unspecified atom stereocenters. The number of thiophene rings is 1. The standard InChI is InChI=1S/C24H26N2O5S/c1-5-10-31-24(28)26-18-12-15(2)20(29-3)14-17(18)22(27)25-9-8-16(21-7-6-11-32-21)13-19(25)23(26)30-4/h5-8,11-12,14,19,23H,1,9-10,13H2,2-4H3/t19-,23?/m0/s1. The Hall–Kier alpha value is -3.10. The van der Waals surface area contributed by atoms with Crippen LogP contribution in [0.25, 0.3) is 5.57 Å². The van der Waals surface area contributed by atoms with Gasteiger partial charge in [-0.15, -0.1) is 11.3 Å². The van der Waals surface area contributed by atoms with Crippen LogP contribution in [0, 0.1) is 6.92 Å². The van der Waals surface area contributed by atoms with Gasteiger partial charge in [0.1, 0.15) is 12.4 Å². The average molecular weight is 455 g/mol. The third-order valence-corrected chi connectivity index (χ3v) is 6.76. The summed E-state index contributed by atoms with van der Waals surface area (Å²) in [6.45, 7) is 5.96. The molecular weight excluding hydrogens is 428 g/mol. The molecule has 0 saturated heterocycles. The predicted octanol–water partition coefficient (Wildman–Crippen LogP) is 4.48. The minimum absolute atomic E-state index is 0.0545. The van der Waals surface area contributed by atoms with E-state index in [0.29, 0.717) is 30.0 Å². The first-order valence-corrected chi connectivity index (χ1v) is 11.2. The van der Waals surface area contributed by atoms with Crippen LogP contribution in [0.1, 0.15) is 27.2 Å². The van der Waals surface area contributed by atoms with E-state index in [1.54, 1.807) is 42.6 Å². The molecule has 0 N–H and O–H groups in total. The summed E-state index contributed by atoms with van der Waals surface area (Å²) >= 11 is 1.65. The van der Waals surface area contributed by atoms with Crippen molar-refractivity contribution in [3.05, 3.63) is 64.4 Å². The Bertz CT molecular complexity index is 1060. The molecule has 2 aliphatic heterocycles. The lowest BCUT2D eigenvalue weighted by atomic mass is 9.97. The third-order valence-electron chi connectivity index (χ3n) is 5.81. The van der Waals surface area contributed by atoms with Crippen molar-refractivity contribution in [2.24, 2.45) is 0 Å². The number of methoxy groups -OCH3 is 2. The number of aryl methyl sites for hydroxylation is 1. The molecule has 7 nitrogen and oxygen atoms in total. The first-order chi connectivity index (χ1) is 15.5. The number of fused-ring (bicyclic) bond motifs is 2. The summed E-state index contributed by atoms with van der Waals surface area (Å²) in [5.41, 5.74) is 2.75. The van der Waals surface area contributed by atoms with Gasteiger partial charge >= 0.3 is 6.09 Å². The first-order valence-electron chi connectivity index (χ1n) is 10.3. The second-order valence-corrected chi connectivity index (χ2v) is 8.58. The molecule has 168 valence electrons. The van der Waals surface area contributed by atoms with Crippen LogP contribution in [0.4, 0.5) is 10.5 Å². The van der Waals surface area contributed by atoms with Crippen LogP contribution in [0.5, 0.6) is 5.75 Å². The minimum Gasteiger partial charge on any atom is -0.496 e. The van der Waals surface area contributed by atoms with Gasteiger partial charge in [0.15, 0.2) is 6.23 Å². The average Bonchev–Trinajstić information content (AvgIpc) is 3.32. The van der Waals surface area contributed by atoms with Gasteiger partial charge in [0.2, 0.25) is 0 Å². The monoisotopic (exact) mass is 454 g/mol. The molecule has 0 spiro atoms. The van der Waals surface area contributed by atoms with Gasteiger partial charge in [0.05, 0.1) is 24.4 Å². The zero-order valence-electron chi connectivity index (χ0n) is 18.4. The summed E-state index contributed by atoms with van der Waals surface area (Å²) in [5.74, 6) is 0.404. The Morgan fingerprint density at radius 1 is 1.34 bits per heavy atom. The van der Waals surface area contributed by atoms with E-state index in [2.05, 4.69) is 18.7 Å². The number of benzene rings is 1. The number of hydrogen-bond acceptors (Lipinski definition) is 6. The van der Waals surface area contributed by atoms with E-state index in [4.69, 9.17) is 14.2 Å². The quantitative estimate of drug-likeness (QED) is 0.623. The molecule has 2 aromatic rings. The number of carbonyl (C=O) groups is 2. The highest BCUT2D eigenvalue weighted by Crippen LogP contribution is 2.40. The number of rotatable bonds is 5. The maximum atomic E-state index is 13.7. The Balaban J connectivity index is 1.85. The molecule has 0 radical (unpaired) electrons. The van der Waals surface area contributed by atoms with E-state index in [9.17, 15) is 9.59 Å². The number of hydrogen-bond donors (Lipinski definition) is 0. The number of ether oxygens (including phenoxy) is 3. The molecule has 1 aromatic heterocycles. The van der Waals surface area contributed by atoms with Crippen LogP contribution in [0.3, 0.4) is 0 Å². The Labute approximate surface area is 191 Å². The molecule has 4 rings (SSSR count). The van der Waals surface area contributed by atoms with Gasteiger partial charge in [0.25, 0.3) is 5.91 Å². The summed E-state index contributed by atoms with van der Waals surface area (Å²) in [7, 11) is 3.11. The van der Waals surface area contributed by atoms with Gasteiger partial charge < -0.3 is 19.1 Å². The molecule has 8 heteroatoms.